The fourth-order valence-corrected chi connectivity index (χ4v) is 1.42. The predicted octanol–water partition coefficient (Wildman–Crippen LogP) is 2.26. The highest BCUT2D eigenvalue weighted by molar-refractivity contribution is 6.68. The second kappa shape index (κ2) is 5.10. The molecule has 1 rings (SSSR count). The number of rotatable bonds is 2. The second-order valence-electron chi connectivity index (χ2n) is 2.96. The van der Waals surface area contributed by atoms with E-state index >= 15 is 0 Å². The van der Waals surface area contributed by atoms with Gasteiger partial charge < -0.3 is 10.8 Å². The molecule has 4 nitrogen and oxygen atoms in total. The number of amides is 2. The number of carbonyl (C=O) groups is 1. The monoisotopic (exact) mass is 282 g/mol. The van der Waals surface area contributed by atoms with E-state index in [1.54, 1.807) is 30.3 Å². The summed E-state index contributed by atoms with van der Waals surface area (Å²) < 4.78 is -2.04. The van der Waals surface area contributed by atoms with Crippen molar-refractivity contribution in [3.63, 3.8) is 0 Å². The van der Waals surface area contributed by atoms with Crippen molar-refractivity contribution < 1.29 is 9.90 Å². The smallest absolute Gasteiger partial charge is 0.321 e. The van der Waals surface area contributed by atoms with E-state index in [1.807, 2.05) is 0 Å². The fraction of sp³-hybridized carbons (Fsp3) is 0.222. The number of anilines is 1. The van der Waals surface area contributed by atoms with E-state index in [0.29, 0.717) is 5.69 Å². The zero-order valence-corrected chi connectivity index (χ0v) is 10.2. The second-order valence-corrected chi connectivity index (χ2v) is 5.33. The molecule has 0 aliphatic carbocycles. The Morgan fingerprint density at radius 3 is 2.19 bits per heavy atom. The van der Waals surface area contributed by atoms with Crippen molar-refractivity contribution in [1.29, 1.82) is 0 Å². The molecule has 1 aromatic rings. The van der Waals surface area contributed by atoms with Crippen LogP contribution in [0.2, 0.25) is 0 Å². The molecule has 0 saturated heterocycles. The summed E-state index contributed by atoms with van der Waals surface area (Å²) in [6.45, 7) is 0. The number of aliphatic hydroxyl groups is 1. The van der Waals surface area contributed by atoms with Gasteiger partial charge in [0.2, 0.25) is 3.79 Å². The number of hydrogen-bond donors (Lipinski definition) is 2. The van der Waals surface area contributed by atoms with Gasteiger partial charge in [-0.3, -0.25) is 4.90 Å². The molecule has 0 spiro atoms. The lowest BCUT2D eigenvalue weighted by Crippen LogP contribution is -2.50. The number of alkyl halides is 3. The van der Waals surface area contributed by atoms with Crippen molar-refractivity contribution in [3.05, 3.63) is 30.3 Å². The van der Waals surface area contributed by atoms with Crippen molar-refractivity contribution in [1.82, 2.24) is 0 Å². The number of halogens is 3. The zero-order chi connectivity index (χ0) is 12.3. The Bertz CT molecular complexity index is 367. The summed E-state index contributed by atoms with van der Waals surface area (Å²) >= 11 is 16.5. The van der Waals surface area contributed by atoms with Crippen LogP contribution in [0, 0.1) is 0 Å². The highest BCUT2D eigenvalue weighted by atomic mass is 35.6. The van der Waals surface area contributed by atoms with Crippen molar-refractivity contribution in [2.24, 2.45) is 5.73 Å². The third-order valence-corrected chi connectivity index (χ3v) is 2.39. The molecule has 0 bridgehead atoms. The van der Waals surface area contributed by atoms with Gasteiger partial charge in [0, 0.05) is 5.69 Å². The average molecular weight is 284 g/mol. The number of primary amides is 1. The van der Waals surface area contributed by atoms with Crippen LogP contribution in [0.3, 0.4) is 0 Å². The van der Waals surface area contributed by atoms with Crippen LogP contribution in [0.5, 0.6) is 0 Å². The third-order valence-electron chi connectivity index (χ3n) is 1.81. The van der Waals surface area contributed by atoms with E-state index in [9.17, 15) is 9.90 Å². The first-order valence-electron chi connectivity index (χ1n) is 4.22. The van der Waals surface area contributed by atoms with Gasteiger partial charge in [-0.1, -0.05) is 53.0 Å². The quantitative estimate of drug-likeness (QED) is 0.646. The van der Waals surface area contributed by atoms with Gasteiger partial charge in [0.25, 0.3) is 0 Å². The average Bonchev–Trinajstić information content (AvgIpc) is 2.17. The normalized spacial score (nSPS) is 13.2. The maximum Gasteiger partial charge on any atom is 0.321 e. The van der Waals surface area contributed by atoms with Crippen LogP contribution in [0.25, 0.3) is 0 Å². The number of nitrogens with zero attached hydrogens (tertiary/aromatic N) is 1. The molecule has 1 unspecified atom stereocenters. The largest absolute Gasteiger partial charge is 0.369 e. The van der Waals surface area contributed by atoms with Crippen LogP contribution < -0.4 is 10.6 Å². The first-order valence-corrected chi connectivity index (χ1v) is 5.36. The van der Waals surface area contributed by atoms with Gasteiger partial charge in [-0.15, -0.1) is 0 Å². The highest BCUT2D eigenvalue weighted by Crippen LogP contribution is 2.34. The van der Waals surface area contributed by atoms with Gasteiger partial charge in [0.15, 0.2) is 6.23 Å². The molecular weight excluding hydrogens is 274 g/mol. The molecule has 0 radical (unpaired) electrons. The first-order chi connectivity index (χ1) is 7.34. The number of carbonyl (C=O) groups excluding carboxylic acids is 1. The van der Waals surface area contributed by atoms with Gasteiger partial charge >= 0.3 is 6.03 Å². The molecule has 16 heavy (non-hydrogen) atoms. The Morgan fingerprint density at radius 2 is 1.81 bits per heavy atom. The van der Waals surface area contributed by atoms with E-state index in [1.165, 1.54) is 0 Å². The predicted molar refractivity (Wildman–Crippen MR) is 64.8 cm³/mol. The lowest BCUT2D eigenvalue weighted by molar-refractivity contribution is 0.173. The first kappa shape index (κ1) is 13.4. The lowest BCUT2D eigenvalue weighted by Gasteiger charge is -2.30. The summed E-state index contributed by atoms with van der Waals surface area (Å²) in [4.78, 5) is 12.0. The Labute approximate surface area is 107 Å². The summed E-state index contributed by atoms with van der Waals surface area (Å²) in [5.74, 6) is 0. The topological polar surface area (TPSA) is 66.6 Å². The Morgan fingerprint density at radius 1 is 1.31 bits per heavy atom. The molecular formula is C9H9Cl3N2O2. The number of para-hydroxylation sites is 1. The summed E-state index contributed by atoms with van der Waals surface area (Å²) in [5.41, 5.74) is 5.46. The molecule has 0 aromatic heterocycles. The Kier molecular flexibility index (Phi) is 4.27. The standard InChI is InChI=1S/C9H9Cl3N2O2/c10-9(11,12)7(15)14(8(13)16)6-4-2-1-3-5-6/h1-5,7,15H,(H2,13,16). The maximum atomic E-state index is 11.2. The molecule has 7 heteroatoms. The lowest BCUT2D eigenvalue weighted by atomic mass is 10.3. The van der Waals surface area contributed by atoms with Crippen LogP contribution in [0.4, 0.5) is 10.5 Å². The van der Waals surface area contributed by atoms with E-state index < -0.39 is 16.1 Å². The SMILES string of the molecule is NC(=O)N(c1ccccc1)C(O)C(Cl)(Cl)Cl. The molecule has 3 N–H and O–H groups in total. The number of urea groups is 1. The summed E-state index contributed by atoms with van der Waals surface area (Å²) in [6, 6.07) is 7.27. The molecule has 0 aliphatic heterocycles. The maximum absolute atomic E-state index is 11.2. The summed E-state index contributed by atoms with van der Waals surface area (Å²) in [7, 11) is 0. The van der Waals surface area contributed by atoms with Crippen LogP contribution >= 0.6 is 34.8 Å². The Balaban J connectivity index is 3.07. The number of aliphatic hydroxyl groups excluding tert-OH is 1. The summed E-state index contributed by atoms with van der Waals surface area (Å²) in [5, 5.41) is 9.70. The van der Waals surface area contributed by atoms with Gasteiger partial charge in [0.1, 0.15) is 0 Å². The summed E-state index contributed by atoms with van der Waals surface area (Å²) in [6.07, 6.45) is -1.66. The molecule has 0 aliphatic rings. The third kappa shape index (κ3) is 3.15. The minimum absolute atomic E-state index is 0.342. The van der Waals surface area contributed by atoms with E-state index in [-0.39, 0.29) is 0 Å². The molecule has 0 saturated carbocycles. The van der Waals surface area contributed by atoms with E-state index in [0.717, 1.165) is 4.90 Å². The minimum atomic E-state index is -2.04. The van der Waals surface area contributed by atoms with E-state index in [4.69, 9.17) is 40.5 Å². The van der Waals surface area contributed by atoms with Gasteiger partial charge in [-0.2, -0.15) is 0 Å². The molecule has 88 valence electrons. The van der Waals surface area contributed by atoms with Crippen molar-refractivity contribution in [2.45, 2.75) is 10.0 Å². The van der Waals surface area contributed by atoms with Gasteiger partial charge in [0.05, 0.1) is 0 Å². The highest BCUT2D eigenvalue weighted by Gasteiger charge is 2.38. The zero-order valence-electron chi connectivity index (χ0n) is 7.98. The van der Waals surface area contributed by atoms with Crippen molar-refractivity contribution in [3.8, 4) is 0 Å². The number of benzene rings is 1. The molecule has 2 amide bonds. The molecule has 1 atom stereocenters. The van der Waals surface area contributed by atoms with Gasteiger partial charge in [-0.05, 0) is 12.1 Å². The minimum Gasteiger partial charge on any atom is -0.369 e. The molecule has 0 fully saturated rings. The Hall–Kier alpha value is -0.680. The van der Waals surface area contributed by atoms with Crippen LogP contribution in [0.1, 0.15) is 0 Å². The van der Waals surface area contributed by atoms with E-state index in [2.05, 4.69) is 0 Å². The molecule has 0 heterocycles. The van der Waals surface area contributed by atoms with Crippen LogP contribution in [-0.4, -0.2) is 21.2 Å². The molecule has 1 aromatic carbocycles. The van der Waals surface area contributed by atoms with Crippen LogP contribution in [0.15, 0.2) is 30.3 Å². The van der Waals surface area contributed by atoms with Crippen LogP contribution in [-0.2, 0) is 0 Å². The van der Waals surface area contributed by atoms with Crippen molar-refractivity contribution in [2.75, 3.05) is 4.90 Å². The number of hydrogen-bond acceptors (Lipinski definition) is 2. The van der Waals surface area contributed by atoms with Gasteiger partial charge in [-0.25, -0.2) is 4.79 Å². The number of nitrogens with two attached hydrogens (primary N) is 1. The fourth-order valence-electron chi connectivity index (χ4n) is 1.12. The van der Waals surface area contributed by atoms with Crippen molar-refractivity contribution >= 4 is 46.5 Å².